The van der Waals surface area contributed by atoms with E-state index in [-0.39, 0.29) is 17.0 Å². The highest BCUT2D eigenvalue weighted by molar-refractivity contribution is 6.31. The van der Waals surface area contributed by atoms with Crippen LogP contribution in [-0.4, -0.2) is 49.3 Å². The van der Waals surface area contributed by atoms with Crippen molar-refractivity contribution in [3.63, 3.8) is 0 Å². The number of aryl methyl sites for hydroxylation is 1. The number of benzene rings is 2. The third-order valence-corrected chi connectivity index (χ3v) is 7.25. The lowest BCUT2D eigenvalue weighted by molar-refractivity contribution is -0.147. The van der Waals surface area contributed by atoms with Gasteiger partial charge in [-0.05, 0) is 60.2 Å². The van der Waals surface area contributed by atoms with Gasteiger partial charge in [0.2, 0.25) is 0 Å². The second kappa shape index (κ2) is 9.76. The third kappa shape index (κ3) is 4.90. The lowest BCUT2D eigenvalue weighted by Gasteiger charge is -2.37. The first-order valence-electron chi connectivity index (χ1n) is 11.3. The molecular formula is C25H28ClF3N2O3. The quantitative estimate of drug-likeness (QED) is 0.536. The van der Waals surface area contributed by atoms with Crippen LogP contribution in [0.25, 0.3) is 0 Å². The monoisotopic (exact) mass is 496 g/mol. The highest BCUT2D eigenvalue weighted by Crippen LogP contribution is 2.43. The number of hydrogen-bond acceptors (Lipinski definition) is 4. The lowest BCUT2D eigenvalue weighted by atomic mass is 9.93. The zero-order valence-electron chi connectivity index (χ0n) is 19.2. The van der Waals surface area contributed by atoms with Gasteiger partial charge in [0.05, 0.1) is 29.2 Å². The van der Waals surface area contributed by atoms with E-state index in [4.69, 9.17) is 21.4 Å². The average Bonchev–Trinajstić information content (AvgIpc) is 3.15. The molecule has 0 spiro atoms. The van der Waals surface area contributed by atoms with Crippen molar-refractivity contribution >= 4 is 23.3 Å². The summed E-state index contributed by atoms with van der Waals surface area (Å²) in [6, 6.07) is 8.10. The maximum Gasteiger partial charge on any atom is 0.417 e. The normalized spacial score (nSPS) is 18.6. The summed E-state index contributed by atoms with van der Waals surface area (Å²) in [4.78, 5) is 15.3. The van der Waals surface area contributed by atoms with Gasteiger partial charge in [-0.2, -0.15) is 13.2 Å². The summed E-state index contributed by atoms with van der Waals surface area (Å²) in [7, 11) is 1.57. The molecule has 1 unspecified atom stereocenters. The van der Waals surface area contributed by atoms with Crippen LogP contribution in [0.4, 0.5) is 18.9 Å². The highest BCUT2D eigenvalue weighted by atomic mass is 35.5. The van der Waals surface area contributed by atoms with Gasteiger partial charge in [-0.15, -0.1) is 0 Å². The van der Waals surface area contributed by atoms with Gasteiger partial charge in [0.1, 0.15) is 0 Å². The van der Waals surface area contributed by atoms with E-state index in [1.807, 2.05) is 4.90 Å². The smallest absolute Gasteiger partial charge is 0.417 e. The van der Waals surface area contributed by atoms with Gasteiger partial charge in [0, 0.05) is 39.0 Å². The average molecular weight is 497 g/mol. The van der Waals surface area contributed by atoms with Crippen molar-refractivity contribution in [2.45, 2.75) is 38.5 Å². The molecule has 1 heterocycles. The molecule has 1 aliphatic heterocycles. The van der Waals surface area contributed by atoms with Crippen molar-refractivity contribution in [2.75, 3.05) is 38.3 Å². The van der Waals surface area contributed by atoms with E-state index in [1.165, 1.54) is 17.2 Å². The van der Waals surface area contributed by atoms with E-state index in [0.717, 1.165) is 30.0 Å². The second-order valence-corrected chi connectivity index (χ2v) is 9.47. The van der Waals surface area contributed by atoms with Gasteiger partial charge in [0.25, 0.3) is 0 Å². The molecule has 5 nitrogen and oxygen atoms in total. The van der Waals surface area contributed by atoms with E-state index >= 15 is 0 Å². The molecule has 0 saturated carbocycles. The van der Waals surface area contributed by atoms with Crippen molar-refractivity contribution in [2.24, 2.45) is 5.92 Å². The summed E-state index contributed by atoms with van der Waals surface area (Å²) >= 11 is 5.86. The predicted octanol–water partition coefficient (Wildman–Crippen LogP) is 5.32. The Bertz CT molecular complexity index is 1070. The van der Waals surface area contributed by atoms with Crippen molar-refractivity contribution < 1.29 is 27.8 Å². The van der Waals surface area contributed by atoms with Crippen LogP contribution in [0.5, 0.6) is 0 Å². The molecule has 0 bridgehead atoms. The highest BCUT2D eigenvalue weighted by Gasteiger charge is 2.37. The molecule has 1 N–H and O–H groups in total. The van der Waals surface area contributed by atoms with Crippen LogP contribution >= 0.6 is 11.6 Å². The third-order valence-electron chi connectivity index (χ3n) is 6.92. The molecule has 0 aromatic heterocycles. The SMILES string of the molecule is COCCN(c1ccc(Cl)c(C(F)(F)F)c1)C1CCc2c1ccc(C)c2CN1CC(C(=O)O)C1. The Morgan fingerprint density at radius 2 is 2.00 bits per heavy atom. The van der Waals surface area contributed by atoms with Crippen LogP contribution in [0, 0.1) is 12.8 Å². The fourth-order valence-electron chi connectivity index (χ4n) is 5.06. The van der Waals surface area contributed by atoms with E-state index < -0.39 is 17.7 Å². The minimum atomic E-state index is -4.54. The van der Waals surface area contributed by atoms with Crippen LogP contribution in [0.2, 0.25) is 5.02 Å². The van der Waals surface area contributed by atoms with E-state index in [0.29, 0.717) is 38.5 Å². The summed E-state index contributed by atoms with van der Waals surface area (Å²) in [6.07, 6.45) is -2.95. The Balaban J connectivity index is 1.65. The lowest BCUT2D eigenvalue weighted by Crippen LogP contribution is -2.49. The van der Waals surface area contributed by atoms with Gasteiger partial charge in [-0.3, -0.25) is 9.69 Å². The Kier molecular flexibility index (Phi) is 7.12. The molecular weight excluding hydrogens is 469 g/mol. The molecule has 4 rings (SSSR count). The zero-order valence-corrected chi connectivity index (χ0v) is 19.9. The van der Waals surface area contributed by atoms with Crippen LogP contribution in [0.15, 0.2) is 30.3 Å². The Morgan fingerprint density at radius 3 is 2.65 bits per heavy atom. The molecule has 2 aliphatic rings. The molecule has 1 atom stereocenters. The minimum absolute atomic E-state index is 0.0880. The molecule has 0 radical (unpaired) electrons. The van der Waals surface area contributed by atoms with Gasteiger partial charge in [0.15, 0.2) is 0 Å². The zero-order chi connectivity index (χ0) is 24.6. The molecule has 9 heteroatoms. The first-order valence-corrected chi connectivity index (χ1v) is 11.7. The van der Waals surface area contributed by atoms with E-state index in [1.54, 1.807) is 13.2 Å². The molecule has 34 heavy (non-hydrogen) atoms. The summed E-state index contributed by atoms with van der Waals surface area (Å²) in [5.41, 5.74) is 4.28. The fourth-order valence-corrected chi connectivity index (χ4v) is 5.28. The number of anilines is 1. The van der Waals surface area contributed by atoms with Crippen molar-refractivity contribution in [3.8, 4) is 0 Å². The van der Waals surface area contributed by atoms with Gasteiger partial charge in [-0.1, -0.05) is 23.7 Å². The number of rotatable bonds is 8. The topological polar surface area (TPSA) is 53.0 Å². The number of likely N-dealkylation sites (tertiary alicyclic amines) is 1. The Hall–Kier alpha value is -2.29. The first kappa shape index (κ1) is 24.8. The molecule has 2 aromatic rings. The number of methoxy groups -OCH3 is 1. The van der Waals surface area contributed by atoms with Crippen LogP contribution in [0.1, 0.15) is 40.3 Å². The van der Waals surface area contributed by atoms with Crippen LogP contribution < -0.4 is 4.90 Å². The summed E-state index contributed by atoms with van der Waals surface area (Å²) in [5.74, 6) is -1.08. The largest absolute Gasteiger partial charge is 0.481 e. The number of carboxylic acids is 1. The number of ether oxygens (including phenoxy) is 1. The molecule has 1 saturated heterocycles. The van der Waals surface area contributed by atoms with Gasteiger partial charge >= 0.3 is 12.1 Å². The number of fused-ring (bicyclic) bond motifs is 1. The number of halogens is 4. The number of hydrogen-bond donors (Lipinski definition) is 1. The molecule has 2 aromatic carbocycles. The second-order valence-electron chi connectivity index (χ2n) is 9.06. The molecule has 0 amide bonds. The maximum absolute atomic E-state index is 13.5. The number of aliphatic carboxylic acids is 1. The Labute approximate surface area is 202 Å². The maximum atomic E-state index is 13.5. The van der Waals surface area contributed by atoms with Crippen LogP contribution in [0.3, 0.4) is 0 Å². The van der Waals surface area contributed by atoms with Crippen molar-refractivity contribution in [1.82, 2.24) is 4.90 Å². The molecule has 1 aliphatic carbocycles. The van der Waals surface area contributed by atoms with Gasteiger partial charge in [-0.25, -0.2) is 0 Å². The van der Waals surface area contributed by atoms with E-state index in [9.17, 15) is 18.0 Å². The summed E-state index contributed by atoms with van der Waals surface area (Å²) in [5, 5.41) is 8.85. The number of alkyl halides is 3. The fraction of sp³-hybridized carbons (Fsp3) is 0.480. The number of carboxylic acid groups (broad SMARTS) is 1. The van der Waals surface area contributed by atoms with E-state index in [2.05, 4.69) is 24.0 Å². The number of nitrogens with zero attached hydrogens (tertiary/aromatic N) is 2. The molecule has 184 valence electrons. The summed E-state index contributed by atoms with van der Waals surface area (Å²) < 4.78 is 45.8. The van der Waals surface area contributed by atoms with Crippen molar-refractivity contribution in [1.29, 1.82) is 0 Å². The van der Waals surface area contributed by atoms with Gasteiger partial charge < -0.3 is 14.7 Å². The Morgan fingerprint density at radius 1 is 1.26 bits per heavy atom. The van der Waals surface area contributed by atoms with Crippen molar-refractivity contribution in [3.05, 3.63) is 63.2 Å². The summed E-state index contributed by atoms with van der Waals surface area (Å²) in [6.45, 7) is 4.62. The standard InChI is InChI=1S/C25H28ClF3N2O3/c1-15-3-5-19-18(20(15)14-30-12-16(13-30)24(32)33)6-8-23(19)31(9-10-34-2)17-4-7-22(26)21(11-17)25(27,28)29/h3-5,7,11,16,23H,6,8-10,12-14H2,1-2H3,(H,32,33). The van der Waals surface area contributed by atoms with Crippen LogP contribution in [-0.2, 0) is 28.7 Å². The predicted molar refractivity (Wildman–Crippen MR) is 124 cm³/mol. The number of carbonyl (C=O) groups is 1. The molecule has 1 fully saturated rings. The first-order chi connectivity index (χ1) is 16.1. The minimum Gasteiger partial charge on any atom is -0.481 e.